The van der Waals surface area contributed by atoms with E-state index >= 15 is 0 Å². The van der Waals surface area contributed by atoms with E-state index < -0.39 is 15.7 Å². The van der Waals surface area contributed by atoms with E-state index in [0.29, 0.717) is 22.5 Å². The van der Waals surface area contributed by atoms with Crippen LogP contribution in [-0.4, -0.2) is 59.0 Å². The van der Waals surface area contributed by atoms with Crippen LogP contribution in [0.15, 0.2) is 46.5 Å². The Morgan fingerprint density at radius 2 is 1.71 bits per heavy atom. The highest BCUT2D eigenvalue weighted by atomic mass is 32.2. The molecule has 3 aromatic rings. The van der Waals surface area contributed by atoms with Crippen molar-refractivity contribution in [2.45, 2.75) is 24.0 Å². The quantitative estimate of drug-likeness (QED) is 0.572. The summed E-state index contributed by atoms with van der Waals surface area (Å²) in [6.07, 6.45) is 4.03. The molecule has 31 heavy (non-hydrogen) atoms. The fourth-order valence-corrected chi connectivity index (χ4v) is 4.61. The van der Waals surface area contributed by atoms with E-state index in [2.05, 4.69) is 14.9 Å². The maximum Gasteiger partial charge on any atom is 0.275 e. The summed E-state index contributed by atoms with van der Waals surface area (Å²) in [4.78, 5) is 23.9. The van der Waals surface area contributed by atoms with Gasteiger partial charge in [-0.25, -0.2) is 27.5 Å². The zero-order valence-corrected chi connectivity index (χ0v) is 18.4. The third-order valence-electron chi connectivity index (χ3n) is 5.68. The second-order valence-corrected chi connectivity index (χ2v) is 9.84. The highest BCUT2D eigenvalue weighted by Gasteiger charge is 2.28. The molecule has 8 nitrogen and oxygen atoms in total. The van der Waals surface area contributed by atoms with Crippen LogP contribution < -0.4 is 5.56 Å². The van der Waals surface area contributed by atoms with E-state index in [4.69, 9.17) is 0 Å². The number of hydrogen-bond acceptors (Lipinski definition) is 6. The second kappa shape index (κ2) is 8.01. The third kappa shape index (κ3) is 4.05. The van der Waals surface area contributed by atoms with Gasteiger partial charge in [0.2, 0.25) is 15.0 Å². The first-order chi connectivity index (χ1) is 14.7. The number of rotatable bonds is 4. The van der Waals surface area contributed by atoms with Crippen molar-refractivity contribution in [3.05, 3.63) is 52.7 Å². The van der Waals surface area contributed by atoms with Crippen LogP contribution in [0.3, 0.4) is 0 Å². The molecule has 1 aliphatic heterocycles. The standard InChI is InChI=1S/C21H24FN5O3S/c1-25-12-9-16(10-13-25)27-20(28)18(14-4-6-15(22)7-5-14)19(26(27)2)17-8-11-23-21(24-17)31(3,29)30/h4-8,11,16H,9-10,12-13H2,1-3H3. The number of likely N-dealkylation sites (tertiary alicyclic amines) is 1. The summed E-state index contributed by atoms with van der Waals surface area (Å²) < 4.78 is 41.0. The number of sulfone groups is 1. The largest absolute Gasteiger partial charge is 0.306 e. The Hall–Kier alpha value is -2.85. The fourth-order valence-electron chi connectivity index (χ4n) is 4.09. The molecule has 1 aliphatic rings. The van der Waals surface area contributed by atoms with Crippen molar-refractivity contribution in [1.29, 1.82) is 0 Å². The number of benzene rings is 1. The predicted octanol–water partition coefficient (Wildman–Crippen LogP) is 2.12. The smallest absolute Gasteiger partial charge is 0.275 e. The topological polar surface area (TPSA) is 90.1 Å². The van der Waals surface area contributed by atoms with Gasteiger partial charge in [-0.15, -0.1) is 0 Å². The molecule has 0 saturated carbocycles. The highest BCUT2D eigenvalue weighted by molar-refractivity contribution is 7.90. The van der Waals surface area contributed by atoms with E-state index in [1.54, 1.807) is 34.6 Å². The van der Waals surface area contributed by atoms with Crippen LogP contribution in [0.2, 0.25) is 0 Å². The maximum atomic E-state index is 13.6. The van der Waals surface area contributed by atoms with Crippen LogP contribution in [0.1, 0.15) is 18.9 Å². The summed E-state index contributed by atoms with van der Waals surface area (Å²) >= 11 is 0. The molecule has 0 spiro atoms. The van der Waals surface area contributed by atoms with Crippen molar-refractivity contribution < 1.29 is 12.8 Å². The normalized spacial score (nSPS) is 16.0. The molecule has 0 amide bonds. The Bertz CT molecular complexity index is 1270. The van der Waals surface area contributed by atoms with Crippen molar-refractivity contribution in [3.63, 3.8) is 0 Å². The van der Waals surface area contributed by atoms with Crippen LogP contribution in [0.25, 0.3) is 22.5 Å². The van der Waals surface area contributed by atoms with Crippen molar-refractivity contribution >= 4 is 9.84 Å². The minimum Gasteiger partial charge on any atom is -0.306 e. The average molecular weight is 446 g/mol. The molecule has 4 rings (SSSR count). The molecule has 0 unspecified atom stereocenters. The number of hydrogen-bond donors (Lipinski definition) is 0. The molecule has 1 aromatic carbocycles. The number of piperidine rings is 1. The van der Waals surface area contributed by atoms with Gasteiger partial charge in [-0.1, -0.05) is 12.1 Å². The van der Waals surface area contributed by atoms with Gasteiger partial charge < -0.3 is 4.90 Å². The summed E-state index contributed by atoms with van der Waals surface area (Å²) in [5, 5.41) is -0.311. The van der Waals surface area contributed by atoms with Gasteiger partial charge in [0.25, 0.3) is 5.56 Å². The van der Waals surface area contributed by atoms with Crippen LogP contribution in [0, 0.1) is 5.82 Å². The Kier molecular flexibility index (Phi) is 5.52. The van der Waals surface area contributed by atoms with Gasteiger partial charge in [0.15, 0.2) is 0 Å². The zero-order chi connectivity index (χ0) is 22.3. The number of aromatic nitrogens is 4. The lowest BCUT2D eigenvalue weighted by atomic mass is 10.0. The molecule has 3 heterocycles. The molecule has 10 heteroatoms. The summed E-state index contributed by atoms with van der Waals surface area (Å²) in [5.74, 6) is -0.404. The molecule has 0 radical (unpaired) electrons. The Balaban J connectivity index is 1.96. The SMILES string of the molecule is CN1CCC(n2c(=O)c(-c3ccc(F)cc3)c(-c3ccnc(S(C)(=O)=O)n3)n2C)CC1. The lowest BCUT2D eigenvalue weighted by Crippen LogP contribution is -2.36. The monoisotopic (exact) mass is 445 g/mol. The minimum atomic E-state index is -3.63. The average Bonchev–Trinajstić information content (AvgIpc) is 2.99. The number of nitrogens with zero attached hydrogens (tertiary/aromatic N) is 5. The predicted molar refractivity (Wildman–Crippen MR) is 115 cm³/mol. The van der Waals surface area contributed by atoms with E-state index in [-0.39, 0.29) is 16.8 Å². The van der Waals surface area contributed by atoms with E-state index in [1.807, 2.05) is 7.05 Å². The molecular formula is C21H24FN5O3S. The molecule has 2 aromatic heterocycles. The lowest BCUT2D eigenvalue weighted by Gasteiger charge is -2.30. The fraction of sp³-hybridized carbons (Fsp3) is 0.381. The molecule has 0 aliphatic carbocycles. The van der Waals surface area contributed by atoms with E-state index in [1.165, 1.54) is 18.3 Å². The van der Waals surface area contributed by atoms with Gasteiger partial charge in [-0.2, -0.15) is 0 Å². The third-order valence-corrected chi connectivity index (χ3v) is 6.54. The molecule has 0 N–H and O–H groups in total. The Morgan fingerprint density at radius 3 is 2.32 bits per heavy atom. The first-order valence-electron chi connectivity index (χ1n) is 9.96. The summed E-state index contributed by atoms with van der Waals surface area (Å²) in [6, 6.07) is 7.27. The van der Waals surface area contributed by atoms with Gasteiger partial charge >= 0.3 is 0 Å². The summed E-state index contributed by atoms with van der Waals surface area (Å²) in [6.45, 7) is 1.74. The van der Waals surface area contributed by atoms with Crippen LogP contribution in [-0.2, 0) is 16.9 Å². The molecule has 164 valence electrons. The van der Waals surface area contributed by atoms with Crippen LogP contribution in [0.5, 0.6) is 0 Å². The summed E-state index contributed by atoms with van der Waals surface area (Å²) in [7, 11) is 0.186. The second-order valence-electron chi connectivity index (χ2n) is 7.93. The highest BCUT2D eigenvalue weighted by Crippen LogP contribution is 2.32. The van der Waals surface area contributed by atoms with Crippen molar-refractivity contribution in [2.24, 2.45) is 7.05 Å². The molecule has 0 atom stereocenters. The van der Waals surface area contributed by atoms with Crippen LogP contribution >= 0.6 is 0 Å². The van der Waals surface area contributed by atoms with Crippen molar-refractivity contribution in [3.8, 4) is 22.5 Å². The van der Waals surface area contributed by atoms with Crippen molar-refractivity contribution in [2.75, 3.05) is 26.4 Å². The van der Waals surface area contributed by atoms with Gasteiger partial charge in [0.1, 0.15) is 5.82 Å². The lowest BCUT2D eigenvalue weighted by molar-refractivity contribution is 0.200. The molecular weight excluding hydrogens is 421 g/mol. The molecule has 0 bridgehead atoms. The van der Waals surface area contributed by atoms with E-state index in [0.717, 1.165) is 32.2 Å². The van der Waals surface area contributed by atoms with Gasteiger partial charge in [-0.3, -0.25) is 9.48 Å². The van der Waals surface area contributed by atoms with Gasteiger partial charge in [0, 0.05) is 19.5 Å². The first-order valence-corrected chi connectivity index (χ1v) is 11.9. The number of halogens is 1. The van der Waals surface area contributed by atoms with Crippen molar-refractivity contribution in [1.82, 2.24) is 24.2 Å². The van der Waals surface area contributed by atoms with Gasteiger partial charge in [-0.05, 0) is 56.7 Å². The minimum absolute atomic E-state index is 0.00198. The Labute approximate surface area is 179 Å². The van der Waals surface area contributed by atoms with Gasteiger partial charge in [0.05, 0.1) is 23.0 Å². The first kappa shape index (κ1) is 21.4. The van der Waals surface area contributed by atoms with E-state index in [9.17, 15) is 17.6 Å². The van der Waals surface area contributed by atoms with Crippen LogP contribution in [0.4, 0.5) is 4.39 Å². The Morgan fingerprint density at radius 1 is 1.06 bits per heavy atom. The maximum absolute atomic E-state index is 13.6. The summed E-state index contributed by atoms with van der Waals surface area (Å²) in [5.41, 5.74) is 1.49. The zero-order valence-electron chi connectivity index (χ0n) is 17.6. The molecule has 1 saturated heterocycles. The molecule has 1 fully saturated rings.